The molecule has 1 aliphatic heterocycles. The topological polar surface area (TPSA) is 47.3 Å². The fourth-order valence-corrected chi connectivity index (χ4v) is 1.07. The van der Waals surface area contributed by atoms with E-state index in [1.807, 2.05) is 5.43 Å². The predicted molar refractivity (Wildman–Crippen MR) is 40.4 cm³/mol. The molecule has 0 aromatic heterocycles. The normalized spacial score (nSPS) is 20.2. The quantitative estimate of drug-likeness (QED) is 0.496. The van der Waals surface area contributed by atoms with Crippen molar-refractivity contribution in [3.63, 3.8) is 0 Å². The van der Waals surface area contributed by atoms with Crippen molar-refractivity contribution >= 4 is 0 Å². The minimum atomic E-state index is -2.53. The maximum atomic E-state index is 12.2. The van der Waals surface area contributed by atoms with Gasteiger partial charge in [-0.1, -0.05) is 0 Å². The van der Waals surface area contributed by atoms with Gasteiger partial charge in [0, 0.05) is 0 Å². The van der Waals surface area contributed by atoms with Crippen molar-refractivity contribution in [3.05, 3.63) is 11.8 Å². The SMILES string of the molecule is NNC(C1=CCCCO1)C(F)F. The van der Waals surface area contributed by atoms with Crippen LogP contribution in [0.15, 0.2) is 11.8 Å². The largest absolute Gasteiger partial charge is 0.496 e. The van der Waals surface area contributed by atoms with Gasteiger partial charge in [-0.3, -0.25) is 5.84 Å². The molecule has 0 spiro atoms. The molecule has 1 rings (SSSR count). The third-order valence-corrected chi connectivity index (χ3v) is 1.70. The molecular weight excluding hydrogens is 166 g/mol. The number of halogens is 2. The fraction of sp³-hybridized carbons (Fsp3) is 0.714. The van der Waals surface area contributed by atoms with E-state index < -0.39 is 12.5 Å². The molecule has 0 amide bonds. The molecule has 1 atom stereocenters. The first-order valence-electron chi connectivity index (χ1n) is 3.83. The van der Waals surface area contributed by atoms with Gasteiger partial charge in [-0.25, -0.2) is 14.2 Å². The fourth-order valence-electron chi connectivity index (χ4n) is 1.07. The number of rotatable bonds is 3. The van der Waals surface area contributed by atoms with Crippen LogP contribution in [-0.4, -0.2) is 19.1 Å². The Balaban J connectivity index is 2.57. The molecule has 3 N–H and O–H groups in total. The number of allylic oxidation sites excluding steroid dienone is 1. The maximum Gasteiger partial charge on any atom is 0.262 e. The Morgan fingerprint density at radius 3 is 2.75 bits per heavy atom. The minimum absolute atomic E-state index is 0.263. The molecule has 5 heteroatoms. The average molecular weight is 178 g/mol. The summed E-state index contributed by atoms with van der Waals surface area (Å²) in [4.78, 5) is 0. The van der Waals surface area contributed by atoms with E-state index in [4.69, 9.17) is 10.6 Å². The van der Waals surface area contributed by atoms with E-state index in [9.17, 15) is 8.78 Å². The number of ether oxygens (including phenoxy) is 1. The molecule has 0 aromatic carbocycles. The zero-order valence-electron chi connectivity index (χ0n) is 6.59. The molecule has 3 nitrogen and oxygen atoms in total. The highest BCUT2D eigenvalue weighted by atomic mass is 19.3. The molecule has 0 aromatic rings. The van der Waals surface area contributed by atoms with Crippen molar-refractivity contribution in [1.29, 1.82) is 0 Å². The van der Waals surface area contributed by atoms with E-state index >= 15 is 0 Å². The van der Waals surface area contributed by atoms with Gasteiger partial charge in [-0.2, -0.15) is 0 Å². The van der Waals surface area contributed by atoms with Crippen molar-refractivity contribution in [2.24, 2.45) is 5.84 Å². The van der Waals surface area contributed by atoms with Crippen LogP contribution in [0.3, 0.4) is 0 Å². The summed E-state index contributed by atoms with van der Waals surface area (Å²) in [5.74, 6) is 5.22. The van der Waals surface area contributed by atoms with Crippen LogP contribution >= 0.6 is 0 Å². The van der Waals surface area contributed by atoms with Gasteiger partial charge in [0.2, 0.25) is 0 Å². The van der Waals surface area contributed by atoms with Crippen molar-refractivity contribution < 1.29 is 13.5 Å². The van der Waals surface area contributed by atoms with Crippen molar-refractivity contribution in [2.75, 3.05) is 6.61 Å². The second kappa shape index (κ2) is 4.37. The van der Waals surface area contributed by atoms with Crippen LogP contribution in [0.1, 0.15) is 12.8 Å². The summed E-state index contributed by atoms with van der Waals surface area (Å²) < 4.78 is 29.5. The monoisotopic (exact) mass is 178 g/mol. The number of nitrogens with one attached hydrogen (secondary N) is 1. The van der Waals surface area contributed by atoms with E-state index in [0.29, 0.717) is 6.61 Å². The lowest BCUT2D eigenvalue weighted by molar-refractivity contribution is 0.0684. The van der Waals surface area contributed by atoms with Crippen molar-refractivity contribution in [3.8, 4) is 0 Å². The van der Waals surface area contributed by atoms with Crippen molar-refractivity contribution in [2.45, 2.75) is 25.3 Å². The molecule has 0 aliphatic carbocycles. The first-order chi connectivity index (χ1) is 5.75. The van der Waals surface area contributed by atoms with E-state index in [-0.39, 0.29) is 5.76 Å². The summed E-state index contributed by atoms with van der Waals surface area (Å²) in [5.41, 5.74) is 2.03. The van der Waals surface area contributed by atoms with Crippen LogP contribution < -0.4 is 11.3 Å². The third kappa shape index (κ3) is 2.15. The van der Waals surface area contributed by atoms with E-state index in [2.05, 4.69) is 0 Å². The Morgan fingerprint density at radius 1 is 1.58 bits per heavy atom. The van der Waals surface area contributed by atoms with E-state index in [1.165, 1.54) is 0 Å². The van der Waals surface area contributed by atoms with Crippen LogP contribution in [-0.2, 0) is 4.74 Å². The standard InChI is InChI=1S/C7H12F2N2O/c8-7(9)6(11-10)5-3-1-2-4-12-5/h3,6-7,11H,1-2,4,10H2. The van der Waals surface area contributed by atoms with Gasteiger partial charge in [0.15, 0.2) is 0 Å². The minimum Gasteiger partial charge on any atom is -0.496 e. The molecule has 0 saturated heterocycles. The van der Waals surface area contributed by atoms with Gasteiger partial charge in [0.05, 0.1) is 6.61 Å². The average Bonchev–Trinajstić information content (AvgIpc) is 2.07. The molecule has 1 unspecified atom stereocenters. The van der Waals surface area contributed by atoms with Crippen molar-refractivity contribution in [1.82, 2.24) is 5.43 Å². The Morgan fingerprint density at radius 2 is 2.33 bits per heavy atom. The Bertz CT molecular complexity index is 173. The number of nitrogens with two attached hydrogens (primary N) is 1. The summed E-state index contributed by atoms with van der Waals surface area (Å²) in [6, 6.07) is -1.16. The highest BCUT2D eigenvalue weighted by Crippen LogP contribution is 2.17. The van der Waals surface area contributed by atoms with Crippen LogP contribution in [0.5, 0.6) is 0 Å². The zero-order valence-corrected chi connectivity index (χ0v) is 6.59. The second-order valence-electron chi connectivity index (χ2n) is 2.58. The Labute approximate surface area is 69.5 Å². The Kier molecular flexibility index (Phi) is 3.43. The molecule has 70 valence electrons. The molecule has 0 radical (unpaired) electrons. The first kappa shape index (κ1) is 9.41. The highest BCUT2D eigenvalue weighted by molar-refractivity contribution is 5.06. The lowest BCUT2D eigenvalue weighted by Crippen LogP contribution is -2.43. The summed E-state index contributed by atoms with van der Waals surface area (Å²) in [5, 5.41) is 0. The van der Waals surface area contributed by atoms with Gasteiger partial charge in [-0.15, -0.1) is 0 Å². The van der Waals surface area contributed by atoms with Crippen LogP contribution in [0.4, 0.5) is 8.78 Å². The van der Waals surface area contributed by atoms with Gasteiger partial charge < -0.3 is 4.74 Å². The van der Waals surface area contributed by atoms with Crippen LogP contribution in [0.2, 0.25) is 0 Å². The second-order valence-corrected chi connectivity index (χ2v) is 2.58. The van der Waals surface area contributed by atoms with Gasteiger partial charge in [-0.05, 0) is 18.9 Å². The van der Waals surface area contributed by atoms with Gasteiger partial charge in [0.1, 0.15) is 11.8 Å². The molecule has 1 aliphatic rings. The molecule has 0 bridgehead atoms. The lowest BCUT2D eigenvalue weighted by Gasteiger charge is -2.22. The lowest BCUT2D eigenvalue weighted by atomic mass is 10.1. The summed E-state index contributed by atoms with van der Waals surface area (Å²) >= 11 is 0. The van der Waals surface area contributed by atoms with Gasteiger partial charge >= 0.3 is 0 Å². The summed E-state index contributed by atoms with van der Waals surface area (Å²) in [7, 11) is 0. The van der Waals surface area contributed by atoms with Crippen LogP contribution in [0, 0.1) is 0 Å². The molecule has 0 saturated carbocycles. The van der Waals surface area contributed by atoms with E-state index in [0.717, 1.165) is 12.8 Å². The Hall–Kier alpha value is -0.680. The molecule has 12 heavy (non-hydrogen) atoms. The summed E-state index contributed by atoms with van der Waals surface area (Å²) in [6.45, 7) is 0.497. The maximum absolute atomic E-state index is 12.2. The number of hydrazine groups is 1. The molecule has 1 heterocycles. The smallest absolute Gasteiger partial charge is 0.262 e. The molecular formula is C7H12F2N2O. The first-order valence-corrected chi connectivity index (χ1v) is 3.83. The zero-order chi connectivity index (χ0) is 8.97. The highest BCUT2D eigenvalue weighted by Gasteiger charge is 2.25. The summed E-state index contributed by atoms with van der Waals surface area (Å²) in [6.07, 6.45) is 0.782. The van der Waals surface area contributed by atoms with Gasteiger partial charge in [0.25, 0.3) is 6.43 Å². The van der Waals surface area contributed by atoms with E-state index in [1.54, 1.807) is 6.08 Å². The number of alkyl halides is 2. The predicted octanol–water partition coefficient (Wildman–Crippen LogP) is 0.778. The molecule has 0 fully saturated rings. The number of hydrogen-bond donors (Lipinski definition) is 2. The van der Waals surface area contributed by atoms with Crippen LogP contribution in [0.25, 0.3) is 0 Å². The number of hydrogen-bond acceptors (Lipinski definition) is 3. The third-order valence-electron chi connectivity index (χ3n) is 1.70.